The zero-order valence-electron chi connectivity index (χ0n) is 12.0. The van der Waals surface area contributed by atoms with E-state index in [1.807, 2.05) is 29.2 Å². The largest absolute Gasteiger partial charge is 0.476 e. The van der Waals surface area contributed by atoms with Gasteiger partial charge in [-0.2, -0.15) is 0 Å². The molecule has 0 aliphatic carbocycles. The van der Waals surface area contributed by atoms with Crippen molar-refractivity contribution in [2.75, 3.05) is 31.6 Å². The Morgan fingerprint density at radius 2 is 2.00 bits per heavy atom. The normalized spacial score (nSPS) is 15.2. The van der Waals surface area contributed by atoms with Gasteiger partial charge in [0, 0.05) is 37.5 Å². The molecule has 0 radical (unpaired) electrons. The summed E-state index contributed by atoms with van der Waals surface area (Å²) in [5, 5.41) is 12.3. The molecule has 0 spiro atoms. The van der Waals surface area contributed by atoms with Gasteiger partial charge in [0.2, 0.25) is 5.91 Å². The lowest BCUT2D eigenvalue weighted by Gasteiger charge is -2.33. The summed E-state index contributed by atoms with van der Waals surface area (Å²) in [6, 6.07) is 8.80. The summed E-state index contributed by atoms with van der Waals surface area (Å²) in [5.74, 6) is -0.627. The first-order valence-electron chi connectivity index (χ1n) is 6.84. The molecule has 7 heteroatoms. The van der Waals surface area contributed by atoms with Crippen LogP contribution in [0.5, 0.6) is 0 Å². The van der Waals surface area contributed by atoms with Crippen LogP contribution in [0.15, 0.2) is 34.9 Å². The van der Waals surface area contributed by atoms with Crippen LogP contribution in [0, 0.1) is 0 Å². The number of piperazine rings is 1. The molecular weight excluding hydrogens is 286 g/mol. The number of carbonyl (C=O) groups excluding carboxylic acids is 1. The van der Waals surface area contributed by atoms with Gasteiger partial charge in [0.05, 0.1) is 6.54 Å². The molecule has 1 aromatic carbocycles. The first-order valence-corrected chi connectivity index (χ1v) is 6.84. The fourth-order valence-electron chi connectivity index (χ4n) is 2.33. The number of likely N-dealkylation sites (N-methyl/N-ethyl adjacent to an activating group) is 1. The van der Waals surface area contributed by atoms with Gasteiger partial charge in [0.25, 0.3) is 0 Å². The minimum absolute atomic E-state index is 0.0941. The molecule has 3 rings (SSSR count). The topological polar surface area (TPSA) is 86.9 Å². The summed E-state index contributed by atoms with van der Waals surface area (Å²) >= 11 is 0. The minimum Gasteiger partial charge on any atom is -0.476 e. The van der Waals surface area contributed by atoms with Crippen molar-refractivity contribution >= 4 is 17.6 Å². The predicted molar refractivity (Wildman–Crippen MR) is 78.7 cm³/mol. The Balaban J connectivity index is 1.77. The lowest BCUT2D eigenvalue weighted by molar-refractivity contribution is -0.129. The number of anilines is 1. The fraction of sp³-hybridized carbons (Fsp3) is 0.267. The Labute approximate surface area is 126 Å². The van der Waals surface area contributed by atoms with Crippen molar-refractivity contribution in [2.24, 2.45) is 0 Å². The molecule has 1 N–H and O–H groups in total. The third-order valence-corrected chi connectivity index (χ3v) is 3.70. The predicted octanol–water partition coefficient (Wildman–Crippen LogP) is 1.32. The highest BCUT2D eigenvalue weighted by Crippen LogP contribution is 2.24. The molecule has 7 nitrogen and oxygen atoms in total. The van der Waals surface area contributed by atoms with Crippen LogP contribution in [0.2, 0.25) is 0 Å². The van der Waals surface area contributed by atoms with Crippen LogP contribution in [0.25, 0.3) is 11.3 Å². The van der Waals surface area contributed by atoms with Gasteiger partial charge in [-0.15, -0.1) is 0 Å². The summed E-state index contributed by atoms with van der Waals surface area (Å²) in [6.45, 7) is 1.85. The van der Waals surface area contributed by atoms with Crippen LogP contribution in [-0.4, -0.2) is 53.7 Å². The monoisotopic (exact) mass is 301 g/mol. The highest BCUT2D eigenvalue weighted by Gasteiger charge is 2.21. The van der Waals surface area contributed by atoms with Crippen molar-refractivity contribution in [3.8, 4) is 11.3 Å². The number of carbonyl (C=O) groups is 2. The summed E-state index contributed by atoms with van der Waals surface area (Å²) in [5.41, 5.74) is 1.57. The van der Waals surface area contributed by atoms with Crippen molar-refractivity contribution in [1.82, 2.24) is 10.1 Å². The van der Waals surface area contributed by atoms with Crippen LogP contribution < -0.4 is 4.90 Å². The Kier molecular flexibility index (Phi) is 3.54. The van der Waals surface area contributed by atoms with E-state index >= 15 is 0 Å². The number of benzene rings is 1. The number of carboxylic acids is 1. The van der Waals surface area contributed by atoms with Crippen LogP contribution >= 0.6 is 0 Å². The van der Waals surface area contributed by atoms with E-state index in [-0.39, 0.29) is 11.6 Å². The maximum Gasteiger partial charge on any atom is 0.358 e. The molecule has 1 saturated heterocycles. The fourth-order valence-corrected chi connectivity index (χ4v) is 2.33. The zero-order valence-corrected chi connectivity index (χ0v) is 12.0. The maximum absolute atomic E-state index is 11.7. The molecule has 0 saturated carbocycles. The third kappa shape index (κ3) is 2.65. The van der Waals surface area contributed by atoms with Crippen LogP contribution in [0.1, 0.15) is 10.5 Å². The molecule has 1 aliphatic rings. The van der Waals surface area contributed by atoms with Gasteiger partial charge in [-0.1, -0.05) is 5.16 Å². The van der Waals surface area contributed by atoms with E-state index in [0.717, 1.165) is 17.8 Å². The highest BCUT2D eigenvalue weighted by molar-refractivity contribution is 5.86. The molecule has 1 fully saturated rings. The molecule has 2 aromatic rings. The molecular formula is C15H15N3O4. The van der Waals surface area contributed by atoms with E-state index in [1.54, 1.807) is 11.9 Å². The van der Waals surface area contributed by atoms with Crippen LogP contribution in [0.3, 0.4) is 0 Å². The summed E-state index contributed by atoms with van der Waals surface area (Å²) in [7, 11) is 1.80. The quantitative estimate of drug-likeness (QED) is 0.920. The summed E-state index contributed by atoms with van der Waals surface area (Å²) in [6.07, 6.45) is 0. The second-order valence-corrected chi connectivity index (χ2v) is 5.17. The molecule has 0 unspecified atom stereocenters. The van der Waals surface area contributed by atoms with E-state index in [9.17, 15) is 9.59 Å². The number of hydrogen-bond acceptors (Lipinski definition) is 5. The number of aromatic nitrogens is 1. The number of rotatable bonds is 3. The number of hydrogen-bond donors (Lipinski definition) is 1. The molecule has 1 aliphatic heterocycles. The Morgan fingerprint density at radius 3 is 2.59 bits per heavy atom. The minimum atomic E-state index is -1.12. The molecule has 114 valence electrons. The molecule has 22 heavy (non-hydrogen) atoms. The van der Waals surface area contributed by atoms with Gasteiger partial charge in [-0.25, -0.2) is 4.79 Å². The average Bonchev–Trinajstić information content (AvgIpc) is 3.00. The van der Waals surface area contributed by atoms with Gasteiger partial charge in [0.15, 0.2) is 11.5 Å². The van der Waals surface area contributed by atoms with Crippen LogP contribution in [-0.2, 0) is 4.79 Å². The third-order valence-electron chi connectivity index (χ3n) is 3.70. The molecule has 1 amide bonds. The number of carboxylic acid groups (broad SMARTS) is 1. The zero-order chi connectivity index (χ0) is 15.7. The number of nitrogens with zero attached hydrogens (tertiary/aromatic N) is 3. The highest BCUT2D eigenvalue weighted by atomic mass is 16.5. The average molecular weight is 301 g/mol. The van der Waals surface area contributed by atoms with E-state index in [1.165, 1.54) is 6.07 Å². The Morgan fingerprint density at radius 1 is 1.27 bits per heavy atom. The first-order chi connectivity index (χ1) is 10.5. The Bertz CT molecular complexity index is 708. The molecule has 0 atom stereocenters. The van der Waals surface area contributed by atoms with E-state index < -0.39 is 5.97 Å². The Hall–Kier alpha value is -2.83. The second kappa shape index (κ2) is 5.51. The first kappa shape index (κ1) is 14.1. The van der Waals surface area contributed by atoms with Gasteiger partial charge in [-0.3, -0.25) is 4.79 Å². The van der Waals surface area contributed by atoms with Crippen molar-refractivity contribution < 1.29 is 19.2 Å². The number of aromatic carboxylic acids is 1. The molecule has 0 bridgehead atoms. The molecule has 1 aromatic heterocycles. The SMILES string of the molecule is CN1CCN(c2ccc(-c3cc(C(=O)O)no3)cc2)CC1=O. The van der Waals surface area contributed by atoms with Crippen molar-refractivity contribution in [1.29, 1.82) is 0 Å². The summed E-state index contributed by atoms with van der Waals surface area (Å²) in [4.78, 5) is 26.3. The van der Waals surface area contributed by atoms with Crippen molar-refractivity contribution in [3.05, 3.63) is 36.0 Å². The number of amides is 1. The lowest BCUT2D eigenvalue weighted by atomic mass is 10.1. The molecule has 2 heterocycles. The van der Waals surface area contributed by atoms with Gasteiger partial charge in [-0.05, 0) is 24.3 Å². The van der Waals surface area contributed by atoms with E-state index in [0.29, 0.717) is 18.8 Å². The smallest absolute Gasteiger partial charge is 0.358 e. The van der Waals surface area contributed by atoms with Crippen molar-refractivity contribution in [3.63, 3.8) is 0 Å². The van der Waals surface area contributed by atoms with E-state index in [2.05, 4.69) is 5.16 Å². The van der Waals surface area contributed by atoms with Crippen molar-refractivity contribution in [2.45, 2.75) is 0 Å². The van der Waals surface area contributed by atoms with Gasteiger partial charge >= 0.3 is 5.97 Å². The van der Waals surface area contributed by atoms with E-state index in [4.69, 9.17) is 9.63 Å². The summed E-state index contributed by atoms with van der Waals surface area (Å²) < 4.78 is 5.02. The maximum atomic E-state index is 11.7. The second-order valence-electron chi connectivity index (χ2n) is 5.17. The van der Waals surface area contributed by atoms with Gasteiger partial charge < -0.3 is 19.4 Å². The lowest BCUT2D eigenvalue weighted by Crippen LogP contribution is -2.48. The van der Waals surface area contributed by atoms with Gasteiger partial charge in [0.1, 0.15) is 0 Å². The van der Waals surface area contributed by atoms with Crippen LogP contribution in [0.4, 0.5) is 5.69 Å². The standard InChI is InChI=1S/C15H15N3O4/c1-17-6-7-18(9-14(17)19)11-4-2-10(3-5-11)13-8-12(15(20)21)16-22-13/h2-5,8H,6-7,9H2,1H3,(H,20,21).